The van der Waals surface area contributed by atoms with Crippen molar-refractivity contribution < 1.29 is 9.48 Å². The fourth-order valence-electron chi connectivity index (χ4n) is 3.91. The van der Waals surface area contributed by atoms with E-state index in [1.165, 1.54) is 22.2 Å². The normalized spacial score (nSPS) is 13.2. The SMILES string of the molecule is CCN(CC)C(=O)c1ccc2c(c1)c(-c1ccccc1)[n+]1n2CCC1. The van der Waals surface area contributed by atoms with Crippen LogP contribution in [-0.2, 0) is 13.1 Å². The molecule has 4 nitrogen and oxygen atoms in total. The summed E-state index contributed by atoms with van der Waals surface area (Å²) in [6.07, 6.45) is 1.16. The maximum Gasteiger partial charge on any atom is 0.253 e. The van der Waals surface area contributed by atoms with Gasteiger partial charge in [-0.1, -0.05) is 18.2 Å². The van der Waals surface area contributed by atoms with Gasteiger partial charge in [-0.05, 0) is 44.2 Å². The molecule has 0 N–H and O–H groups in total. The third-order valence-electron chi connectivity index (χ3n) is 5.16. The highest BCUT2D eigenvalue weighted by atomic mass is 16.2. The lowest BCUT2D eigenvalue weighted by Crippen LogP contribution is -2.38. The van der Waals surface area contributed by atoms with Crippen LogP contribution in [0.1, 0.15) is 30.6 Å². The van der Waals surface area contributed by atoms with Gasteiger partial charge >= 0.3 is 0 Å². The summed E-state index contributed by atoms with van der Waals surface area (Å²) < 4.78 is 4.72. The van der Waals surface area contributed by atoms with E-state index in [1.807, 2.05) is 30.9 Å². The van der Waals surface area contributed by atoms with E-state index in [-0.39, 0.29) is 5.91 Å². The highest BCUT2D eigenvalue weighted by Crippen LogP contribution is 2.29. The number of carbonyl (C=O) groups excluding carboxylic acids is 1. The van der Waals surface area contributed by atoms with Gasteiger partial charge in [0.2, 0.25) is 5.69 Å². The number of carbonyl (C=O) groups is 1. The summed E-state index contributed by atoms with van der Waals surface area (Å²) in [4.78, 5) is 14.7. The largest absolute Gasteiger partial charge is 0.339 e. The first kappa shape index (κ1) is 15.9. The molecule has 2 aromatic carbocycles. The van der Waals surface area contributed by atoms with Gasteiger partial charge < -0.3 is 4.90 Å². The van der Waals surface area contributed by atoms with Gasteiger partial charge in [0.05, 0.1) is 11.9 Å². The molecule has 1 aliphatic heterocycles. The third kappa shape index (κ3) is 2.53. The Balaban J connectivity index is 1.92. The maximum absolute atomic E-state index is 12.8. The number of nitrogens with zero attached hydrogens (tertiary/aromatic N) is 3. The van der Waals surface area contributed by atoms with E-state index in [0.29, 0.717) is 0 Å². The van der Waals surface area contributed by atoms with Crippen molar-refractivity contribution >= 4 is 16.8 Å². The van der Waals surface area contributed by atoms with Gasteiger partial charge in [0, 0.05) is 30.6 Å². The number of fused-ring (bicyclic) bond motifs is 3. The van der Waals surface area contributed by atoms with Crippen LogP contribution in [0.2, 0.25) is 0 Å². The van der Waals surface area contributed by atoms with Gasteiger partial charge in [0.25, 0.3) is 5.91 Å². The second-order valence-electron chi connectivity index (χ2n) is 6.52. The molecule has 1 aliphatic rings. The Morgan fingerprint density at radius 3 is 2.60 bits per heavy atom. The molecule has 0 saturated carbocycles. The Labute approximate surface area is 148 Å². The molecule has 4 heteroatoms. The lowest BCUT2D eigenvalue weighted by molar-refractivity contribution is -0.745. The van der Waals surface area contributed by atoms with Crippen LogP contribution in [0.3, 0.4) is 0 Å². The fraction of sp³-hybridized carbons (Fsp3) is 0.333. The summed E-state index contributed by atoms with van der Waals surface area (Å²) in [6.45, 7) is 7.58. The predicted molar refractivity (Wildman–Crippen MR) is 99.4 cm³/mol. The number of aromatic nitrogens is 2. The minimum Gasteiger partial charge on any atom is -0.339 e. The average molecular weight is 334 g/mol. The molecule has 3 aromatic rings. The number of hydrogen-bond donors (Lipinski definition) is 0. The van der Waals surface area contributed by atoms with Crippen LogP contribution in [0.25, 0.3) is 22.2 Å². The van der Waals surface area contributed by atoms with Crippen LogP contribution >= 0.6 is 0 Å². The minimum atomic E-state index is 0.113. The lowest BCUT2D eigenvalue weighted by Gasteiger charge is -2.18. The molecule has 0 saturated heterocycles. The number of aryl methyl sites for hydroxylation is 1. The van der Waals surface area contributed by atoms with E-state index < -0.39 is 0 Å². The number of benzene rings is 2. The van der Waals surface area contributed by atoms with Gasteiger partial charge in [-0.3, -0.25) is 4.79 Å². The molecule has 0 atom stereocenters. The van der Waals surface area contributed by atoms with E-state index in [9.17, 15) is 4.79 Å². The van der Waals surface area contributed by atoms with Gasteiger partial charge in [-0.2, -0.15) is 4.68 Å². The quantitative estimate of drug-likeness (QED) is 0.672. The molecule has 25 heavy (non-hydrogen) atoms. The first-order chi connectivity index (χ1) is 12.2. The Hall–Kier alpha value is -2.62. The molecule has 1 amide bonds. The number of hydrogen-bond acceptors (Lipinski definition) is 1. The lowest BCUT2D eigenvalue weighted by atomic mass is 10.0. The van der Waals surface area contributed by atoms with Crippen molar-refractivity contribution in [3.63, 3.8) is 0 Å². The number of rotatable bonds is 4. The van der Waals surface area contributed by atoms with Crippen molar-refractivity contribution in [2.75, 3.05) is 13.1 Å². The molecule has 4 rings (SSSR count). The Bertz CT molecular complexity index is 923. The molecule has 0 fully saturated rings. The molecule has 0 bridgehead atoms. The first-order valence-corrected chi connectivity index (χ1v) is 9.15. The van der Waals surface area contributed by atoms with Gasteiger partial charge in [-0.15, -0.1) is 4.68 Å². The first-order valence-electron chi connectivity index (χ1n) is 9.15. The van der Waals surface area contributed by atoms with Crippen LogP contribution in [0.4, 0.5) is 0 Å². The fourth-order valence-corrected chi connectivity index (χ4v) is 3.91. The highest BCUT2D eigenvalue weighted by molar-refractivity contribution is 6.01. The van der Waals surface area contributed by atoms with Crippen LogP contribution < -0.4 is 4.68 Å². The van der Waals surface area contributed by atoms with Crippen LogP contribution in [0.15, 0.2) is 48.5 Å². The molecule has 128 valence electrons. The second-order valence-corrected chi connectivity index (χ2v) is 6.52. The van der Waals surface area contributed by atoms with Gasteiger partial charge in [0.15, 0.2) is 6.54 Å². The Kier molecular flexibility index (Phi) is 4.04. The van der Waals surface area contributed by atoms with Gasteiger partial charge in [0.1, 0.15) is 5.52 Å². The second kappa shape index (κ2) is 6.36. The zero-order valence-corrected chi connectivity index (χ0v) is 14.9. The third-order valence-corrected chi connectivity index (χ3v) is 5.16. The average Bonchev–Trinajstić information content (AvgIpc) is 3.23. The van der Waals surface area contributed by atoms with Crippen LogP contribution in [0.5, 0.6) is 0 Å². The summed E-state index contributed by atoms with van der Waals surface area (Å²) in [5, 5.41) is 1.17. The number of amides is 1. The minimum absolute atomic E-state index is 0.113. The van der Waals surface area contributed by atoms with Crippen LogP contribution in [0, 0.1) is 0 Å². The van der Waals surface area contributed by atoms with Gasteiger partial charge in [-0.25, -0.2) is 0 Å². The molecular weight excluding hydrogens is 310 g/mol. The van der Waals surface area contributed by atoms with E-state index >= 15 is 0 Å². The topological polar surface area (TPSA) is 29.1 Å². The Morgan fingerprint density at radius 1 is 1.12 bits per heavy atom. The van der Waals surface area contributed by atoms with Crippen molar-refractivity contribution in [3.05, 3.63) is 54.1 Å². The van der Waals surface area contributed by atoms with Crippen molar-refractivity contribution in [1.82, 2.24) is 9.58 Å². The molecular formula is C21H24N3O+. The van der Waals surface area contributed by atoms with E-state index in [2.05, 4.69) is 45.8 Å². The summed E-state index contributed by atoms with van der Waals surface area (Å²) in [7, 11) is 0. The summed E-state index contributed by atoms with van der Waals surface area (Å²) in [5.74, 6) is 0.113. The predicted octanol–water partition coefficient (Wildman–Crippen LogP) is 3.48. The molecule has 0 spiro atoms. The zero-order chi connectivity index (χ0) is 17.4. The summed E-state index contributed by atoms with van der Waals surface area (Å²) in [6, 6.07) is 16.7. The standard InChI is InChI=1S/C21H24N3O/c1-3-22(4-2)21(25)17-11-12-19-18(15-17)20(16-9-6-5-7-10-16)24-14-8-13-23(19)24/h5-7,9-12,15H,3-4,8,13-14H2,1-2H3/q+1. The summed E-state index contributed by atoms with van der Waals surface area (Å²) >= 11 is 0. The summed E-state index contributed by atoms with van der Waals surface area (Å²) in [5.41, 5.74) is 4.42. The molecule has 0 aliphatic carbocycles. The monoisotopic (exact) mass is 334 g/mol. The van der Waals surface area contributed by atoms with Crippen molar-refractivity contribution in [3.8, 4) is 11.3 Å². The molecule has 1 aromatic heterocycles. The van der Waals surface area contributed by atoms with Crippen molar-refractivity contribution in [2.24, 2.45) is 0 Å². The Morgan fingerprint density at radius 2 is 1.88 bits per heavy atom. The smallest absolute Gasteiger partial charge is 0.253 e. The molecule has 0 radical (unpaired) electrons. The van der Waals surface area contributed by atoms with Crippen molar-refractivity contribution in [2.45, 2.75) is 33.4 Å². The van der Waals surface area contributed by atoms with E-state index in [0.717, 1.165) is 38.2 Å². The highest BCUT2D eigenvalue weighted by Gasteiger charge is 2.30. The molecule has 0 unspecified atom stereocenters. The van der Waals surface area contributed by atoms with Crippen LogP contribution in [-0.4, -0.2) is 28.6 Å². The van der Waals surface area contributed by atoms with E-state index in [1.54, 1.807) is 0 Å². The van der Waals surface area contributed by atoms with Crippen molar-refractivity contribution in [1.29, 1.82) is 0 Å². The molecule has 2 heterocycles. The van der Waals surface area contributed by atoms with E-state index in [4.69, 9.17) is 0 Å². The zero-order valence-electron chi connectivity index (χ0n) is 14.9. The maximum atomic E-state index is 12.8.